The van der Waals surface area contributed by atoms with Gasteiger partial charge in [-0.05, 0) is 31.8 Å². The summed E-state index contributed by atoms with van der Waals surface area (Å²) < 4.78 is 5.69. The van der Waals surface area contributed by atoms with Crippen LogP contribution in [0.2, 0.25) is 58.9 Å². The van der Waals surface area contributed by atoms with Crippen LogP contribution >= 0.6 is 0 Å². The molecule has 1 rings (SSSR count). The molecule has 0 fully saturated rings. The maximum atomic E-state index is 13.1. The van der Waals surface area contributed by atoms with Crippen molar-refractivity contribution in [2.24, 2.45) is 0 Å². The maximum absolute atomic E-state index is 13.1. The van der Waals surface area contributed by atoms with Crippen LogP contribution in [0.3, 0.4) is 0 Å². The zero-order chi connectivity index (χ0) is 21.0. The number of carbonyl (C=O) groups is 2. The first-order chi connectivity index (χ1) is 12.1. The third-order valence-corrected chi connectivity index (χ3v) is 6.47. The van der Waals surface area contributed by atoms with E-state index in [0.29, 0.717) is 5.56 Å². The Labute approximate surface area is 167 Å². The number of anilines is 1. The van der Waals surface area contributed by atoms with Gasteiger partial charge in [0.15, 0.2) is 5.78 Å². The molecule has 27 heavy (non-hydrogen) atoms. The number of para-hydroxylation sites is 1. The highest BCUT2D eigenvalue weighted by Crippen LogP contribution is 2.21. The molecule has 5 nitrogen and oxygen atoms in total. The molecule has 0 aliphatic rings. The molecule has 0 aliphatic heterocycles. The van der Waals surface area contributed by atoms with Gasteiger partial charge in [-0.1, -0.05) is 51.4 Å². The summed E-state index contributed by atoms with van der Waals surface area (Å²) in [5, 5.41) is 0. The van der Waals surface area contributed by atoms with Gasteiger partial charge < -0.3 is 14.4 Å². The summed E-state index contributed by atoms with van der Waals surface area (Å²) in [4.78, 5) is 32.7. The van der Waals surface area contributed by atoms with Crippen LogP contribution in [0.25, 0.3) is 0 Å². The lowest BCUT2D eigenvalue weighted by molar-refractivity contribution is -0.137. The molecule has 8 heteroatoms. The summed E-state index contributed by atoms with van der Waals surface area (Å²) in [5.74, 6) is -0.347. The van der Waals surface area contributed by atoms with E-state index < -0.39 is 30.8 Å². The van der Waals surface area contributed by atoms with Crippen LogP contribution in [0.4, 0.5) is 5.69 Å². The van der Waals surface area contributed by atoms with E-state index in [1.165, 1.54) is 0 Å². The fourth-order valence-corrected chi connectivity index (χ4v) is 5.66. The molecular formula is C19H36N2O3Si3. The van der Waals surface area contributed by atoms with Gasteiger partial charge in [0.2, 0.25) is 8.32 Å². The molecule has 2 N–H and O–H groups in total. The first-order valence-electron chi connectivity index (χ1n) is 9.48. The number of nitrogens with one attached hydrogen (secondary N) is 2. The summed E-state index contributed by atoms with van der Waals surface area (Å²) in [5.41, 5.74) is 1.50. The van der Waals surface area contributed by atoms with E-state index in [4.69, 9.17) is 4.43 Å². The molecular weight excluding hydrogens is 388 g/mol. The molecule has 0 saturated heterocycles. The minimum Gasteiger partial charge on any atom is -0.519 e. The van der Waals surface area contributed by atoms with Crippen LogP contribution < -0.4 is 9.96 Å². The van der Waals surface area contributed by atoms with Gasteiger partial charge in [0, 0.05) is 17.7 Å². The molecule has 0 heterocycles. The van der Waals surface area contributed by atoms with Crippen molar-refractivity contribution in [2.45, 2.75) is 71.4 Å². The first-order valence-corrected chi connectivity index (χ1v) is 19.9. The average Bonchev–Trinajstić information content (AvgIpc) is 2.42. The SMILES string of the molecule is C[Si](C)(C)Nc1ccccc1C(=O)CC(N[Si](C)(C)C)C(=O)O[Si](C)(C)C. The monoisotopic (exact) mass is 424 g/mol. The number of Topliss-reactive ketones (excluding diaryl/α,β-unsaturated/α-hetero) is 1. The van der Waals surface area contributed by atoms with Crippen molar-refractivity contribution in [1.82, 2.24) is 4.98 Å². The molecule has 1 atom stereocenters. The van der Waals surface area contributed by atoms with E-state index in [9.17, 15) is 9.59 Å². The summed E-state index contributed by atoms with van der Waals surface area (Å²) in [6, 6.07) is 6.96. The van der Waals surface area contributed by atoms with Gasteiger partial charge in [-0.2, -0.15) is 0 Å². The van der Waals surface area contributed by atoms with E-state index in [0.717, 1.165) is 5.69 Å². The standard InChI is InChI=1S/C19H36N2O3Si3/c1-25(2,3)20-16-13-11-10-12-15(16)18(22)14-17(21-26(4,5)6)19(23)24-27(7,8)9/h10-13,17,20-21H,14H2,1-9H3. The zero-order valence-corrected chi connectivity index (χ0v) is 21.3. The minimum absolute atomic E-state index is 0.0420. The lowest BCUT2D eigenvalue weighted by Gasteiger charge is -2.29. The quantitative estimate of drug-likeness (QED) is 0.445. The van der Waals surface area contributed by atoms with Crippen molar-refractivity contribution >= 4 is 42.2 Å². The Hall–Kier alpha value is -1.23. The van der Waals surface area contributed by atoms with Crippen LogP contribution in [0.5, 0.6) is 0 Å². The van der Waals surface area contributed by atoms with Crippen molar-refractivity contribution in [3.8, 4) is 0 Å². The highest BCUT2D eigenvalue weighted by molar-refractivity contribution is 6.79. The normalized spacial score (nSPS) is 13.8. The smallest absolute Gasteiger partial charge is 0.309 e. The Bertz CT molecular complexity index is 674. The second kappa shape index (κ2) is 8.85. The van der Waals surface area contributed by atoms with Gasteiger partial charge in [0.05, 0.1) is 0 Å². The largest absolute Gasteiger partial charge is 0.519 e. The third-order valence-electron chi connectivity index (χ3n) is 3.43. The predicted octanol–water partition coefficient (Wildman–Crippen LogP) is 4.68. The molecule has 0 amide bonds. The lowest BCUT2D eigenvalue weighted by Crippen LogP contribution is -2.54. The van der Waals surface area contributed by atoms with Crippen molar-refractivity contribution < 1.29 is 14.0 Å². The number of hydrogen-bond acceptors (Lipinski definition) is 5. The Balaban J connectivity index is 3.08. The van der Waals surface area contributed by atoms with Crippen LogP contribution in [-0.4, -0.2) is 42.6 Å². The summed E-state index contributed by atoms with van der Waals surface area (Å²) in [7, 11) is -5.40. The highest BCUT2D eigenvalue weighted by atomic mass is 28.4. The Kier molecular flexibility index (Phi) is 7.80. The Morgan fingerprint density at radius 3 is 1.96 bits per heavy atom. The zero-order valence-electron chi connectivity index (χ0n) is 18.3. The van der Waals surface area contributed by atoms with Gasteiger partial charge in [-0.15, -0.1) is 0 Å². The highest BCUT2D eigenvalue weighted by Gasteiger charge is 2.32. The Morgan fingerprint density at radius 2 is 1.48 bits per heavy atom. The summed E-state index contributed by atoms with van der Waals surface area (Å²) >= 11 is 0. The number of hydrogen-bond donors (Lipinski definition) is 2. The maximum Gasteiger partial charge on any atom is 0.309 e. The van der Waals surface area contributed by atoms with Crippen LogP contribution in [0, 0.1) is 0 Å². The minimum atomic E-state index is -2.02. The molecule has 0 aromatic heterocycles. The van der Waals surface area contributed by atoms with Crippen molar-refractivity contribution in [1.29, 1.82) is 0 Å². The van der Waals surface area contributed by atoms with E-state index in [1.54, 1.807) is 0 Å². The molecule has 1 unspecified atom stereocenters. The average molecular weight is 425 g/mol. The van der Waals surface area contributed by atoms with Gasteiger partial charge in [0.25, 0.3) is 0 Å². The summed E-state index contributed by atoms with van der Waals surface area (Å²) in [6.45, 7) is 18.9. The van der Waals surface area contributed by atoms with E-state index in [2.05, 4.69) is 49.2 Å². The van der Waals surface area contributed by atoms with E-state index in [1.807, 2.05) is 43.9 Å². The van der Waals surface area contributed by atoms with Crippen LogP contribution in [-0.2, 0) is 9.22 Å². The summed E-state index contributed by atoms with van der Waals surface area (Å²) in [6.07, 6.45) is 0.109. The second-order valence-corrected chi connectivity index (χ2v) is 24.0. The molecule has 152 valence electrons. The fraction of sp³-hybridized carbons (Fsp3) is 0.579. The van der Waals surface area contributed by atoms with Gasteiger partial charge >= 0.3 is 5.97 Å². The molecule has 0 radical (unpaired) electrons. The van der Waals surface area contributed by atoms with Gasteiger partial charge in [-0.25, -0.2) is 0 Å². The van der Waals surface area contributed by atoms with E-state index >= 15 is 0 Å². The van der Waals surface area contributed by atoms with Gasteiger partial charge in [-0.3, -0.25) is 9.59 Å². The van der Waals surface area contributed by atoms with E-state index in [-0.39, 0.29) is 18.2 Å². The topological polar surface area (TPSA) is 67.4 Å². The Morgan fingerprint density at radius 1 is 0.926 bits per heavy atom. The molecule has 1 aromatic carbocycles. The molecule has 0 spiro atoms. The van der Waals surface area contributed by atoms with Crippen molar-refractivity contribution in [2.75, 3.05) is 4.98 Å². The van der Waals surface area contributed by atoms with Gasteiger partial charge in [0.1, 0.15) is 22.5 Å². The molecule has 0 bridgehead atoms. The first kappa shape index (κ1) is 23.8. The molecule has 0 saturated carbocycles. The molecule has 1 aromatic rings. The third kappa shape index (κ3) is 9.50. The van der Waals surface area contributed by atoms with Crippen molar-refractivity contribution in [3.63, 3.8) is 0 Å². The number of benzene rings is 1. The van der Waals surface area contributed by atoms with Crippen LogP contribution in [0.15, 0.2) is 24.3 Å². The number of carbonyl (C=O) groups excluding carboxylic acids is 2. The fourth-order valence-electron chi connectivity index (χ4n) is 2.62. The number of ketones is 1. The predicted molar refractivity (Wildman–Crippen MR) is 122 cm³/mol. The second-order valence-electron chi connectivity index (χ2n) is 10.0. The number of rotatable bonds is 9. The van der Waals surface area contributed by atoms with Crippen LogP contribution in [0.1, 0.15) is 16.8 Å². The lowest BCUT2D eigenvalue weighted by atomic mass is 10.0. The molecule has 0 aliphatic carbocycles. The van der Waals surface area contributed by atoms with Crippen molar-refractivity contribution in [3.05, 3.63) is 29.8 Å².